The smallest absolute Gasteiger partial charge is 0.220 e. The second-order valence-electron chi connectivity index (χ2n) is 4.82. The number of benzene rings is 2. The normalized spacial score (nSPS) is 10.3. The Labute approximate surface area is 135 Å². The van der Waals surface area contributed by atoms with Gasteiger partial charge in [0.05, 0.1) is 12.8 Å². The molecule has 0 aliphatic rings. The molecule has 0 saturated carbocycles. The first-order valence-corrected chi connectivity index (χ1v) is 6.92. The van der Waals surface area contributed by atoms with Crippen LogP contribution in [-0.2, 0) is 6.42 Å². The molecule has 3 rings (SSSR count). The van der Waals surface area contributed by atoms with Crippen LogP contribution >= 0.6 is 12.4 Å². The average Bonchev–Trinajstić information content (AvgIpc) is 2.53. The summed E-state index contributed by atoms with van der Waals surface area (Å²) < 4.78 is 5.43. The Kier molecular flexibility index (Phi) is 4.83. The predicted octanol–water partition coefficient (Wildman–Crippen LogP) is 3.87. The van der Waals surface area contributed by atoms with Crippen LogP contribution in [0.15, 0.2) is 42.5 Å². The number of anilines is 1. The van der Waals surface area contributed by atoms with Crippen LogP contribution in [0.2, 0.25) is 0 Å². The van der Waals surface area contributed by atoms with Gasteiger partial charge in [-0.25, -0.2) is 9.97 Å². The van der Waals surface area contributed by atoms with Crippen molar-refractivity contribution < 1.29 is 4.74 Å². The van der Waals surface area contributed by atoms with Gasteiger partial charge in [-0.2, -0.15) is 0 Å². The first-order valence-electron chi connectivity index (χ1n) is 6.92. The average molecular weight is 316 g/mol. The fourth-order valence-electron chi connectivity index (χ4n) is 2.51. The molecule has 4 nitrogen and oxygen atoms in total. The van der Waals surface area contributed by atoms with Crippen LogP contribution in [0.3, 0.4) is 0 Å². The van der Waals surface area contributed by atoms with Gasteiger partial charge in [0.15, 0.2) is 0 Å². The lowest BCUT2D eigenvalue weighted by Gasteiger charge is -2.11. The summed E-state index contributed by atoms with van der Waals surface area (Å²) in [7, 11) is 1.68. The molecule has 0 atom stereocenters. The fraction of sp³-hybridized carbons (Fsp3) is 0.176. The molecule has 0 radical (unpaired) electrons. The van der Waals surface area contributed by atoms with Gasteiger partial charge in [-0.15, -0.1) is 12.4 Å². The van der Waals surface area contributed by atoms with Gasteiger partial charge in [0, 0.05) is 16.6 Å². The predicted molar refractivity (Wildman–Crippen MR) is 92.6 cm³/mol. The number of hydrogen-bond acceptors (Lipinski definition) is 4. The van der Waals surface area contributed by atoms with Crippen molar-refractivity contribution in [2.75, 3.05) is 12.8 Å². The zero-order valence-electron chi connectivity index (χ0n) is 12.5. The summed E-state index contributed by atoms with van der Waals surface area (Å²) in [5.41, 5.74) is 8.65. The lowest BCUT2D eigenvalue weighted by Crippen LogP contribution is -2.00. The van der Waals surface area contributed by atoms with Crippen LogP contribution in [0.4, 0.5) is 5.95 Å². The number of fused-ring (bicyclic) bond motifs is 1. The van der Waals surface area contributed by atoms with E-state index in [9.17, 15) is 0 Å². The fourth-order valence-corrected chi connectivity index (χ4v) is 2.51. The van der Waals surface area contributed by atoms with E-state index >= 15 is 0 Å². The zero-order chi connectivity index (χ0) is 14.8. The van der Waals surface area contributed by atoms with Crippen molar-refractivity contribution in [3.63, 3.8) is 0 Å². The number of aromatic nitrogens is 2. The van der Waals surface area contributed by atoms with Gasteiger partial charge < -0.3 is 10.5 Å². The summed E-state index contributed by atoms with van der Waals surface area (Å²) in [6.45, 7) is 2.05. The molecule has 114 valence electrons. The van der Waals surface area contributed by atoms with E-state index in [2.05, 4.69) is 23.0 Å². The summed E-state index contributed by atoms with van der Waals surface area (Å²) in [5.74, 6) is 1.16. The zero-order valence-corrected chi connectivity index (χ0v) is 13.4. The molecule has 0 aliphatic carbocycles. The summed E-state index contributed by atoms with van der Waals surface area (Å²) >= 11 is 0. The molecular weight excluding hydrogens is 298 g/mol. The van der Waals surface area contributed by atoms with Crippen LogP contribution in [0.1, 0.15) is 12.6 Å². The largest absolute Gasteiger partial charge is 0.496 e. The molecule has 0 amide bonds. The maximum absolute atomic E-state index is 5.83. The van der Waals surface area contributed by atoms with Gasteiger partial charge in [-0.1, -0.05) is 31.2 Å². The summed E-state index contributed by atoms with van der Waals surface area (Å²) in [4.78, 5) is 8.62. The number of rotatable bonds is 3. The molecule has 0 spiro atoms. The maximum atomic E-state index is 5.83. The highest BCUT2D eigenvalue weighted by Gasteiger charge is 2.10. The monoisotopic (exact) mass is 315 g/mol. The number of aryl methyl sites for hydroxylation is 1. The quantitative estimate of drug-likeness (QED) is 0.797. The van der Waals surface area contributed by atoms with Gasteiger partial charge in [-0.05, 0) is 30.0 Å². The van der Waals surface area contributed by atoms with Gasteiger partial charge in [0.1, 0.15) is 5.75 Å². The third-order valence-corrected chi connectivity index (χ3v) is 3.54. The van der Waals surface area contributed by atoms with E-state index in [1.54, 1.807) is 7.11 Å². The molecule has 1 aromatic heterocycles. The Morgan fingerprint density at radius 2 is 1.77 bits per heavy atom. The Hall–Kier alpha value is -2.33. The molecule has 2 N–H and O–H groups in total. The highest BCUT2D eigenvalue weighted by Crippen LogP contribution is 2.33. The van der Waals surface area contributed by atoms with Gasteiger partial charge in [-0.3, -0.25) is 0 Å². The van der Waals surface area contributed by atoms with Gasteiger partial charge >= 0.3 is 0 Å². The van der Waals surface area contributed by atoms with E-state index in [0.717, 1.165) is 39.9 Å². The molecule has 0 saturated heterocycles. The van der Waals surface area contributed by atoms with E-state index in [0.29, 0.717) is 5.95 Å². The van der Waals surface area contributed by atoms with E-state index in [1.807, 2.05) is 36.4 Å². The van der Waals surface area contributed by atoms with Crippen molar-refractivity contribution in [3.8, 4) is 17.0 Å². The van der Waals surface area contributed by atoms with Crippen LogP contribution in [0, 0.1) is 0 Å². The van der Waals surface area contributed by atoms with Gasteiger partial charge in [0.25, 0.3) is 0 Å². The summed E-state index contributed by atoms with van der Waals surface area (Å²) in [6, 6.07) is 14.1. The summed E-state index contributed by atoms with van der Waals surface area (Å²) in [5, 5.41) is 2.16. The summed E-state index contributed by atoms with van der Waals surface area (Å²) in [6.07, 6.45) is 0.827. The molecule has 0 bridgehead atoms. The number of ether oxygens (including phenoxy) is 1. The van der Waals surface area contributed by atoms with Crippen LogP contribution < -0.4 is 10.5 Å². The second-order valence-corrected chi connectivity index (χ2v) is 4.82. The Morgan fingerprint density at radius 1 is 1.05 bits per heavy atom. The third kappa shape index (κ3) is 2.83. The Bertz CT molecular complexity index is 805. The van der Waals surface area contributed by atoms with Crippen molar-refractivity contribution in [1.82, 2.24) is 9.97 Å². The lowest BCUT2D eigenvalue weighted by atomic mass is 10.0. The van der Waals surface area contributed by atoms with E-state index in [4.69, 9.17) is 10.5 Å². The number of methoxy groups -OCH3 is 1. The SMILES string of the molecule is CCc1cc(-c2ccc(OC)c3ccccc23)nc(N)n1.Cl. The van der Waals surface area contributed by atoms with Crippen molar-refractivity contribution in [2.24, 2.45) is 0 Å². The van der Waals surface area contributed by atoms with Crippen LogP contribution in [-0.4, -0.2) is 17.1 Å². The van der Waals surface area contributed by atoms with Crippen molar-refractivity contribution >= 4 is 29.1 Å². The molecule has 0 aliphatic heterocycles. The topological polar surface area (TPSA) is 61.0 Å². The van der Waals surface area contributed by atoms with E-state index in [-0.39, 0.29) is 12.4 Å². The van der Waals surface area contributed by atoms with Crippen LogP contribution in [0.5, 0.6) is 5.75 Å². The Morgan fingerprint density at radius 3 is 2.45 bits per heavy atom. The third-order valence-electron chi connectivity index (χ3n) is 3.54. The van der Waals surface area contributed by atoms with Crippen molar-refractivity contribution in [1.29, 1.82) is 0 Å². The first kappa shape index (κ1) is 16.0. The Balaban J connectivity index is 0.00000176. The molecule has 0 unspecified atom stereocenters. The number of nitrogens with two attached hydrogens (primary N) is 1. The number of hydrogen-bond donors (Lipinski definition) is 1. The highest BCUT2D eigenvalue weighted by atomic mass is 35.5. The molecule has 3 aromatic rings. The number of nitrogen functional groups attached to an aromatic ring is 1. The van der Waals surface area contributed by atoms with Crippen molar-refractivity contribution in [2.45, 2.75) is 13.3 Å². The van der Waals surface area contributed by atoms with Gasteiger partial charge in [0.2, 0.25) is 5.95 Å². The number of nitrogens with zero attached hydrogens (tertiary/aromatic N) is 2. The molecule has 22 heavy (non-hydrogen) atoms. The van der Waals surface area contributed by atoms with Crippen LogP contribution in [0.25, 0.3) is 22.0 Å². The van der Waals surface area contributed by atoms with E-state index < -0.39 is 0 Å². The lowest BCUT2D eigenvalue weighted by molar-refractivity contribution is 0.420. The minimum absolute atomic E-state index is 0. The minimum atomic E-state index is 0. The maximum Gasteiger partial charge on any atom is 0.220 e. The highest BCUT2D eigenvalue weighted by molar-refractivity contribution is 5.99. The van der Waals surface area contributed by atoms with E-state index in [1.165, 1.54) is 0 Å². The molecule has 1 heterocycles. The molecule has 2 aromatic carbocycles. The number of halogens is 1. The molecule has 5 heteroatoms. The van der Waals surface area contributed by atoms with Crippen molar-refractivity contribution in [3.05, 3.63) is 48.2 Å². The molecule has 0 fully saturated rings. The second kappa shape index (κ2) is 6.62. The standard InChI is InChI=1S/C17H17N3O.ClH/c1-3-11-10-15(20-17(18)19-11)13-8-9-16(21-2)14-7-5-4-6-12(13)14;/h4-10H,3H2,1-2H3,(H2,18,19,20);1H. The minimum Gasteiger partial charge on any atom is -0.496 e. The molecular formula is C17H18ClN3O. The first-order chi connectivity index (χ1) is 10.2.